The summed E-state index contributed by atoms with van der Waals surface area (Å²) in [5.74, 6) is 1.86. The molecule has 3 aromatic rings. The molecule has 4 saturated heterocycles. The molecule has 1 N–H and O–H groups in total. The fraction of sp³-hybridized carbons (Fsp3) is 0.536. The SMILES string of the molecule is Cc1cc(N2CCC(C)C2)cn2nc(C34CC(CO3)C4N3C(=O)NCC34CC4)nc12.c1ccccc1. The molecule has 6 heterocycles. The maximum Gasteiger partial charge on any atom is 0.318 e. The molecule has 4 atom stereocenters. The molecule has 6 aliphatic rings. The molecule has 8 heteroatoms. The van der Waals surface area contributed by atoms with Crippen molar-refractivity contribution in [2.45, 2.75) is 56.7 Å². The summed E-state index contributed by atoms with van der Waals surface area (Å²) < 4.78 is 8.27. The van der Waals surface area contributed by atoms with Crippen molar-refractivity contribution in [3.8, 4) is 0 Å². The number of urea groups is 1. The van der Waals surface area contributed by atoms with E-state index in [0.717, 1.165) is 61.8 Å². The molecule has 2 aromatic heterocycles. The van der Waals surface area contributed by atoms with E-state index in [4.69, 9.17) is 14.8 Å². The molecule has 8 nitrogen and oxygen atoms in total. The summed E-state index contributed by atoms with van der Waals surface area (Å²) in [5, 5.41) is 7.99. The van der Waals surface area contributed by atoms with Crippen molar-refractivity contribution in [3.05, 3.63) is 60.0 Å². The quantitative estimate of drug-likeness (QED) is 0.611. The molecule has 2 saturated carbocycles. The standard InChI is InChI=1S/C22H28N6O2.C6H6/c1-13-3-6-26(9-13)16-7-14(2)18-24-19(25-27(18)10-16)22-8-15(11-30-22)17(22)28-20(29)23-12-21(28)4-5-21;1-2-4-6-5-3-1/h7,10,13,15,17H,3-6,8-9,11-12H2,1-2H3,(H,23,29);1-6H. The summed E-state index contributed by atoms with van der Waals surface area (Å²) in [6.45, 7) is 8.06. The van der Waals surface area contributed by atoms with E-state index in [0.29, 0.717) is 12.5 Å². The molecule has 6 fully saturated rings. The number of hydrogen-bond acceptors (Lipinski definition) is 5. The van der Waals surface area contributed by atoms with Gasteiger partial charge in [-0.05, 0) is 50.2 Å². The smallest absolute Gasteiger partial charge is 0.318 e. The van der Waals surface area contributed by atoms with Gasteiger partial charge in [-0.1, -0.05) is 43.3 Å². The van der Waals surface area contributed by atoms with Gasteiger partial charge < -0.3 is 19.9 Å². The first-order valence-corrected chi connectivity index (χ1v) is 13.3. The van der Waals surface area contributed by atoms with Crippen LogP contribution >= 0.6 is 0 Å². The molecule has 4 unspecified atom stereocenters. The van der Waals surface area contributed by atoms with E-state index in [2.05, 4.69) is 41.2 Å². The number of nitrogens with one attached hydrogen (secondary N) is 1. The number of nitrogens with zero attached hydrogens (tertiary/aromatic N) is 5. The number of ether oxygens (including phenoxy) is 1. The third-order valence-electron chi connectivity index (χ3n) is 8.89. The van der Waals surface area contributed by atoms with Gasteiger partial charge in [0.15, 0.2) is 17.1 Å². The lowest BCUT2D eigenvalue weighted by atomic mass is 9.67. The fourth-order valence-electron chi connectivity index (χ4n) is 6.75. The first-order chi connectivity index (χ1) is 17.5. The molecule has 1 aromatic carbocycles. The summed E-state index contributed by atoms with van der Waals surface area (Å²) in [6, 6.07) is 14.3. The van der Waals surface area contributed by atoms with E-state index in [1.807, 2.05) is 40.9 Å². The van der Waals surface area contributed by atoms with Crippen molar-refractivity contribution < 1.29 is 9.53 Å². The Hall–Kier alpha value is -3.13. The normalized spacial score (nSPS) is 31.4. The maximum atomic E-state index is 12.7. The summed E-state index contributed by atoms with van der Waals surface area (Å²) in [7, 11) is 0. The van der Waals surface area contributed by atoms with Crippen molar-refractivity contribution in [2.75, 3.05) is 31.1 Å². The van der Waals surface area contributed by atoms with Gasteiger partial charge in [-0.3, -0.25) is 0 Å². The number of aryl methyl sites for hydroxylation is 1. The van der Waals surface area contributed by atoms with Crippen LogP contribution in [0.15, 0.2) is 48.7 Å². The zero-order valence-electron chi connectivity index (χ0n) is 21.1. The van der Waals surface area contributed by atoms with E-state index in [1.165, 1.54) is 12.1 Å². The average Bonchev–Trinajstić information content (AvgIpc) is 3.38. The Kier molecular flexibility index (Phi) is 4.87. The lowest BCUT2D eigenvalue weighted by molar-refractivity contribution is -0.0834. The highest BCUT2D eigenvalue weighted by Crippen LogP contribution is 2.61. The molecule has 1 spiro atoms. The second kappa shape index (κ2) is 7.93. The van der Waals surface area contributed by atoms with Crippen LogP contribution in [-0.2, 0) is 10.3 Å². The third-order valence-corrected chi connectivity index (χ3v) is 8.89. The Morgan fingerprint density at radius 3 is 2.53 bits per heavy atom. The number of amides is 2. The Bertz CT molecular complexity index is 1270. The first kappa shape index (κ1) is 22.1. The van der Waals surface area contributed by atoms with E-state index in [1.54, 1.807) is 0 Å². The van der Waals surface area contributed by atoms with Crippen LogP contribution in [0.1, 0.15) is 44.0 Å². The molecule has 0 radical (unpaired) electrons. The lowest BCUT2D eigenvalue weighted by Gasteiger charge is -2.49. The van der Waals surface area contributed by atoms with Crippen molar-refractivity contribution in [1.82, 2.24) is 24.8 Å². The zero-order valence-corrected chi connectivity index (χ0v) is 21.1. The van der Waals surface area contributed by atoms with Crippen LogP contribution in [0.4, 0.5) is 10.5 Å². The van der Waals surface area contributed by atoms with Crippen LogP contribution in [-0.4, -0.2) is 63.4 Å². The highest BCUT2D eigenvalue weighted by molar-refractivity contribution is 5.80. The molecule has 4 aliphatic heterocycles. The molecule has 9 rings (SSSR count). The second-order valence-corrected chi connectivity index (χ2v) is 11.4. The van der Waals surface area contributed by atoms with Gasteiger partial charge in [-0.25, -0.2) is 14.3 Å². The van der Waals surface area contributed by atoms with Gasteiger partial charge >= 0.3 is 6.03 Å². The number of anilines is 1. The van der Waals surface area contributed by atoms with Gasteiger partial charge in [0.05, 0.1) is 30.1 Å². The van der Waals surface area contributed by atoms with Crippen molar-refractivity contribution in [1.29, 1.82) is 0 Å². The van der Waals surface area contributed by atoms with E-state index in [9.17, 15) is 4.79 Å². The third kappa shape index (κ3) is 3.26. The Morgan fingerprint density at radius 1 is 1.14 bits per heavy atom. The Balaban J connectivity index is 0.000000325. The second-order valence-electron chi connectivity index (χ2n) is 11.4. The minimum atomic E-state index is -0.553. The van der Waals surface area contributed by atoms with Crippen LogP contribution in [0.25, 0.3) is 5.65 Å². The topological polar surface area (TPSA) is 75.0 Å². The van der Waals surface area contributed by atoms with Crippen LogP contribution in [0, 0.1) is 18.8 Å². The highest BCUT2D eigenvalue weighted by Gasteiger charge is 2.72. The predicted octanol–water partition coefficient (Wildman–Crippen LogP) is 3.74. The summed E-state index contributed by atoms with van der Waals surface area (Å²) in [4.78, 5) is 22.2. The number of carbonyl (C=O) groups excluding carboxylic acids is 1. The molecule has 36 heavy (non-hydrogen) atoms. The molecule has 2 amide bonds. The number of rotatable bonds is 3. The fourth-order valence-corrected chi connectivity index (χ4v) is 6.75. The van der Waals surface area contributed by atoms with Gasteiger partial charge in [0, 0.05) is 25.6 Å². The monoisotopic (exact) mass is 486 g/mol. The van der Waals surface area contributed by atoms with Crippen LogP contribution < -0.4 is 10.2 Å². The highest BCUT2D eigenvalue weighted by atomic mass is 16.5. The predicted molar refractivity (Wildman–Crippen MR) is 137 cm³/mol. The number of carbonyl (C=O) groups is 1. The average molecular weight is 487 g/mol. The molecular weight excluding hydrogens is 452 g/mol. The van der Waals surface area contributed by atoms with Gasteiger partial charge in [0.25, 0.3) is 0 Å². The minimum Gasteiger partial charge on any atom is -0.370 e. The summed E-state index contributed by atoms with van der Waals surface area (Å²) >= 11 is 0. The van der Waals surface area contributed by atoms with E-state index < -0.39 is 5.60 Å². The van der Waals surface area contributed by atoms with Crippen molar-refractivity contribution >= 4 is 17.4 Å². The number of fused-ring (bicyclic) bond motifs is 2. The van der Waals surface area contributed by atoms with Crippen LogP contribution in [0.2, 0.25) is 0 Å². The molecular formula is C28H34N6O2. The first-order valence-electron chi connectivity index (χ1n) is 13.3. The molecule has 2 bridgehead atoms. The van der Waals surface area contributed by atoms with Crippen molar-refractivity contribution in [3.63, 3.8) is 0 Å². The van der Waals surface area contributed by atoms with Crippen LogP contribution in [0.5, 0.6) is 0 Å². The number of hydrogen-bond donors (Lipinski definition) is 1. The number of benzene rings is 1. The summed E-state index contributed by atoms with van der Waals surface area (Å²) in [5.41, 5.74) is 2.69. The largest absolute Gasteiger partial charge is 0.370 e. The van der Waals surface area contributed by atoms with Gasteiger partial charge in [0.1, 0.15) is 0 Å². The number of aromatic nitrogens is 3. The Morgan fingerprint density at radius 2 is 1.89 bits per heavy atom. The lowest BCUT2D eigenvalue weighted by Crippen LogP contribution is -2.63. The minimum absolute atomic E-state index is 0.00800. The van der Waals surface area contributed by atoms with Crippen LogP contribution in [0.3, 0.4) is 0 Å². The van der Waals surface area contributed by atoms with Gasteiger partial charge in [0.2, 0.25) is 0 Å². The summed E-state index contributed by atoms with van der Waals surface area (Å²) in [6.07, 6.45) is 6.42. The zero-order chi connectivity index (χ0) is 24.5. The molecule has 2 aliphatic carbocycles. The van der Waals surface area contributed by atoms with Gasteiger partial charge in [-0.15, -0.1) is 5.10 Å². The van der Waals surface area contributed by atoms with E-state index in [-0.39, 0.29) is 17.6 Å². The maximum absolute atomic E-state index is 12.7. The van der Waals surface area contributed by atoms with E-state index >= 15 is 0 Å². The number of pyridine rings is 1. The van der Waals surface area contributed by atoms with Crippen molar-refractivity contribution in [2.24, 2.45) is 11.8 Å². The Labute approximate surface area is 211 Å². The molecule has 188 valence electrons. The van der Waals surface area contributed by atoms with Gasteiger partial charge in [-0.2, -0.15) is 0 Å².